The standard InChI is InChI=1S/C8H16N2.2ClH/c1-2-7(3-1)4-10-8-5-9-6-8;;/h7-10H,1-6H2;2*1H. The lowest BCUT2D eigenvalue weighted by molar-refractivity contribution is 0.266. The van der Waals surface area contributed by atoms with Crippen molar-refractivity contribution in [3.63, 3.8) is 0 Å². The molecule has 0 atom stereocenters. The number of nitrogens with one attached hydrogen (secondary N) is 2. The molecule has 0 unspecified atom stereocenters. The highest BCUT2D eigenvalue weighted by Crippen LogP contribution is 2.25. The summed E-state index contributed by atoms with van der Waals surface area (Å²) >= 11 is 0. The molecule has 1 aliphatic carbocycles. The SMILES string of the molecule is C1CC(CNC2CNC2)C1.Cl.Cl. The fourth-order valence-corrected chi connectivity index (χ4v) is 1.46. The monoisotopic (exact) mass is 212 g/mol. The molecule has 0 amide bonds. The summed E-state index contributed by atoms with van der Waals surface area (Å²) in [6.07, 6.45) is 4.40. The molecule has 1 aliphatic heterocycles. The van der Waals surface area contributed by atoms with Crippen molar-refractivity contribution in [3.8, 4) is 0 Å². The van der Waals surface area contributed by atoms with Gasteiger partial charge in [0.15, 0.2) is 0 Å². The lowest BCUT2D eigenvalue weighted by atomic mass is 9.85. The van der Waals surface area contributed by atoms with Crippen LogP contribution in [-0.4, -0.2) is 25.7 Å². The Bertz CT molecular complexity index is 99.6. The first kappa shape index (κ1) is 12.5. The number of hydrogen-bond donors (Lipinski definition) is 2. The summed E-state index contributed by atoms with van der Waals surface area (Å²) in [5.74, 6) is 1.01. The van der Waals surface area contributed by atoms with Crippen LogP contribution in [-0.2, 0) is 0 Å². The molecule has 0 aromatic rings. The molecular weight excluding hydrogens is 195 g/mol. The molecule has 1 heterocycles. The molecule has 2 fully saturated rings. The molecule has 0 aromatic heterocycles. The number of rotatable bonds is 3. The highest BCUT2D eigenvalue weighted by Gasteiger charge is 2.21. The first-order valence-electron chi connectivity index (χ1n) is 4.39. The van der Waals surface area contributed by atoms with E-state index in [1.807, 2.05) is 0 Å². The van der Waals surface area contributed by atoms with Crippen LogP contribution in [0.5, 0.6) is 0 Å². The predicted octanol–water partition coefficient (Wildman–Crippen LogP) is 1.19. The molecule has 0 bridgehead atoms. The van der Waals surface area contributed by atoms with Gasteiger partial charge >= 0.3 is 0 Å². The van der Waals surface area contributed by atoms with E-state index in [0.29, 0.717) is 0 Å². The molecule has 12 heavy (non-hydrogen) atoms. The Morgan fingerprint density at radius 1 is 1.17 bits per heavy atom. The quantitative estimate of drug-likeness (QED) is 0.735. The van der Waals surface area contributed by atoms with Crippen LogP contribution in [0.4, 0.5) is 0 Å². The lowest BCUT2D eigenvalue weighted by Gasteiger charge is -2.32. The highest BCUT2D eigenvalue weighted by molar-refractivity contribution is 5.85. The molecule has 2 N–H and O–H groups in total. The van der Waals surface area contributed by atoms with Crippen LogP contribution in [0.3, 0.4) is 0 Å². The zero-order valence-corrected chi connectivity index (χ0v) is 8.85. The van der Waals surface area contributed by atoms with Crippen molar-refractivity contribution in [1.29, 1.82) is 0 Å². The van der Waals surface area contributed by atoms with E-state index in [-0.39, 0.29) is 24.8 Å². The van der Waals surface area contributed by atoms with Gasteiger partial charge in [-0.1, -0.05) is 6.42 Å². The van der Waals surface area contributed by atoms with E-state index in [1.165, 1.54) is 38.9 Å². The van der Waals surface area contributed by atoms with Gasteiger partial charge in [-0.05, 0) is 25.3 Å². The van der Waals surface area contributed by atoms with E-state index in [9.17, 15) is 0 Å². The Balaban J connectivity index is 0.000000605. The maximum atomic E-state index is 3.56. The van der Waals surface area contributed by atoms with Crippen molar-refractivity contribution in [2.24, 2.45) is 5.92 Å². The van der Waals surface area contributed by atoms with Crippen LogP contribution in [0.25, 0.3) is 0 Å². The van der Waals surface area contributed by atoms with E-state index in [0.717, 1.165) is 12.0 Å². The van der Waals surface area contributed by atoms with Gasteiger partial charge < -0.3 is 10.6 Å². The molecule has 2 nitrogen and oxygen atoms in total. The van der Waals surface area contributed by atoms with E-state index in [1.54, 1.807) is 0 Å². The third kappa shape index (κ3) is 3.09. The summed E-state index contributed by atoms with van der Waals surface area (Å²) in [5, 5.41) is 6.82. The third-order valence-corrected chi connectivity index (χ3v) is 2.70. The second kappa shape index (κ2) is 6.03. The average Bonchev–Trinajstić information content (AvgIpc) is 1.70. The van der Waals surface area contributed by atoms with Crippen LogP contribution in [0.1, 0.15) is 19.3 Å². The molecule has 2 rings (SSSR count). The summed E-state index contributed by atoms with van der Waals surface area (Å²) in [7, 11) is 0. The average molecular weight is 213 g/mol. The van der Waals surface area contributed by atoms with Crippen LogP contribution >= 0.6 is 24.8 Å². The minimum absolute atomic E-state index is 0. The van der Waals surface area contributed by atoms with Gasteiger partial charge in [-0.15, -0.1) is 24.8 Å². The fraction of sp³-hybridized carbons (Fsp3) is 1.00. The maximum absolute atomic E-state index is 3.56. The Hall–Kier alpha value is 0.500. The second-order valence-electron chi connectivity index (χ2n) is 3.56. The van der Waals surface area contributed by atoms with Crippen LogP contribution in [0.15, 0.2) is 0 Å². The molecule has 4 heteroatoms. The third-order valence-electron chi connectivity index (χ3n) is 2.70. The molecule has 0 radical (unpaired) electrons. The smallest absolute Gasteiger partial charge is 0.0317 e. The van der Waals surface area contributed by atoms with Gasteiger partial charge in [0.1, 0.15) is 0 Å². The molecule has 0 aromatic carbocycles. The summed E-state index contributed by atoms with van der Waals surface area (Å²) in [4.78, 5) is 0. The fourth-order valence-electron chi connectivity index (χ4n) is 1.46. The van der Waals surface area contributed by atoms with E-state index in [4.69, 9.17) is 0 Å². The Morgan fingerprint density at radius 2 is 1.83 bits per heavy atom. The van der Waals surface area contributed by atoms with Crippen molar-refractivity contribution in [2.75, 3.05) is 19.6 Å². The Labute approximate surface area is 86.7 Å². The summed E-state index contributed by atoms with van der Waals surface area (Å²) in [6.45, 7) is 3.64. The molecule has 1 saturated heterocycles. The largest absolute Gasteiger partial charge is 0.314 e. The van der Waals surface area contributed by atoms with Gasteiger partial charge in [0.2, 0.25) is 0 Å². The van der Waals surface area contributed by atoms with E-state index < -0.39 is 0 Å². The number of halogens is 2. The van der Waals surface area contributed by atoms with Gasteiger partial charge in [-0.2, -0.15) is 0 Å². The van der Waals surface area contributed by atoms with Crippen LogP contribution < -0.4 is 10.6 Å². The molecule has 74 valence electrons. The van der Waals surface area contributed by atoms with Gasteiger partial charge in [0, 0.05) is 19.1 Å². The molecular formula is C8H18Cl2N2. The lowest BCUT2D eigenvalue weighted by Crippen LogP contribution is -2.56. The molecule has 0 spiro atoms. The van der Waals surface area contributed by atoms with E-state index >= 15 is 0 Å². The highest BCUT2D eigenvalue weighted by atomic mass is 35.5. The van der Waals surface area contributed by atoms with E-state index in [2.05, 4.69) is 10.6 Å². The van der Waals surface area contributed by atoms with Crippen molar-refractivity contribution < 1.29 is 0 Å². The molecule has 2 aliphatic rings. The van der Waals surface area contributed by atoms with Gasteiger partial charge in [-0.25, -0.2) is 0 Å². The Kier molecular flexibility index (Phi) is 6.28. The maximum Gasteiger partial charge on any atom is 0.0317 e. The van der Waals surface area contributed by atoms with Crippen LogP contribution in [0, 0.1) is 5.92 Å². The zero-order chi connectivity index (χ0) is 6.81. The minimum Gasteiger partial charge on any atom is -0.314 e. The second-order valence-corrected chi connectivity index (χ2v) is 3.56. The topological polar surface area (TPSA) is 24.1 Å². The summed E-state index contributed by atoms with van der Waals surface area (Å²) in [5.41, 5.74) is 0. The zero-order valence-electron chi connectivity index (χ0n) is 7.21. The van der Waals surface area contributed by atoms with Crippen molar-refractivity contribution in [3.05, 3.63) is 0 Å². The summed E-state index contributed by atoms with van der Waals surface area (Å²) in [6, 6.07) is 0.792. The van der Waals surface area contributed by atoms with Crippen LogP contribution in [0.2, 0.25) is 0 Å². The minimum atomic E-state index is 0. The number of hydrogen-bond acceptors (Lipinski definition) is 2. The van der Waals surface area contributed by atoms with Gasteiger partial charge in [0.05, 0.1) is 0 Å². The van der Waals surface area contributed by atoms with Crippen molar-refractivity contribution in [1.82, 2.24) is 10.6 Å². The predicted molar refractivity (Wildman–Crippen MR) is 56.5 cm³/mol. The first-order chi connectivity index (χ1) is 4.95. The molecule has 1 saturated carbocycles. The van der Waals surface area contributed by atoms with Crippen molar-refractivity contribution in [2.45, 2.75) is 25.3 Å². The summed E-state index contributed by atoms with van der Waals surface area (Å²) < 4.78 is 0. The van der Waals surface area contributed by atoms with Crippen molar-refractivity contribution >= 4 is 24.8 Å². The Morgan fingerprint density at radius 3 is 2.17 bits per heavy atom. The normalized spacial score (nSPS) is 23.0. The van der Waals surface area contributed by atoms with Gasteiger partial charge in [-0.3, -0.25) is 0 Å². The first-order valence-corrected chi connectivity index (χ1v) is 4.39. The van der Waals surface area contributed by atoms with Gasteiger partial charge in [0.25, 0.3) is 0 Å².